The molecule has 8 heteroatoms. The van der Waals surface area contributed by atoms with E-state index in [0.717, 1.165) is 6.42 Å². The number of aromatic nitrogens is 3. The van der Waals surface area contributed by atoms with Gasteiger partial charge < -0.3 is 4.57 Å². The average molecular weight is 334 g/mol. The summed E-state index contributed by atoms with van der Waals surface area (Å²) >= 11 is 11.8. The van der Waals surface area contributed by atoms with Gasteiger partial charge in [-0.1, -0.05) is 11.6 Å². The molecule has 2 aromatic heterocycles. The van der Waals surface area contributed by atoms with E-state index in [1.807, 2.05) is 0 Å². The second-order valence-corrected chi connectivity index (χ2v) is 8.00. The SMILES string of the molecule is O=S1(=O)CCCC1Cn1c(CCl)nc2cc(Cl)cnc21. The Kier molecular flexibility index (Phi) is 3.64. The van der Waals surface area contributed by atoms with E-state index in [-0.39, 0.29) is 16.9 Å². The molecule has 1 saturated heterocycles. The fourth-order valence-electron chi connectivity index (χ4n) is 2.59. The molecular formula is C12H13Cl2N3O2S. The summed E-state index contributed by atoms with van der Waals surface area (Å²) in [6, 6.07) is 1.71. The van der Waals surface area contributed by atoms with Gasteiger partial charge in [-0.05, 0) is 18.9 Å². The summed E-state index contributed by atoms with van der Waals surface area (Å²) in [5.41, 5.74) is 1.27. The van der Waals surface area contributed by atoms with Gasteiger partial charge in [0.25, 0.3) is 0 Å². The quantitative estimate of drug-likeness (QED) is 0.809. The molecule has 2 aromatic rings. The number of hydrogen-bond acceptors (Lipinski definition) is 4. The predicted octanol–water partition coefficient (Wildman–Crippen LogP) is 2.40. The van der Waals surface area contributed by atoms with E-state index in [1.54, 1.807) is 10.6 Å². The number of sulfone groups is 1. The van der Waals surface area contributed by atoms with Crippen molar-refractivity contribution < 1.29 is 8.42 Å². The number of halogens is 2. The molecule has 3 rings (SSSR count). The Morgan fingerprint density at radius 3 is 2.90 bits per heavy atom. The number of rotatable bonds is 3. The van der Waals surface area contributed by atoms with Crippen molar-refractivity contribution in [1.82, 2.24) is 14.5 Å². The van der Waals surface area contributed by atoms with Crippen LogP contribution in [0.4, 0.5) is 0 Å². The van der Waals surface area contributed by atoms with Gasteiger partial charge in [-0.2, -0.15) is 0 Å². The van der Waals surface area contributed by atoms with Gasteiger partial charge in [0.15, 0.2) is 15.5 Å². The molecule has 0 aliphatic carbocycles. The zero-order valence-electron chi connectivity index (χ0n) is 10.6. The first-order valence-corrected chi connectivity index (χ1v) is 8.92. The first kappa shape index (κ1) is 14.1. The summed E-state index contributed by atoms with van der Waals surface area (Å²) < 4.78 is 25.7. The molecule has 1 aliphatic heterocycles. The van der Waals surface area contributed by atoms with Crippen molar-refractivity contribution in [2.45, 2.75) is 30.5 Å². The summed E-state index contributed by atoms with van der Waals surface area (Å²) in [6.45, 7) is 0.357. The summed E-state index contributed by atoms with van der Waals surface area (Å²) in [6.07, 6.45) is 2.93. The van der Waals surface area contributed by atoms with Gasteiger partial charge in [-0.3, -0.25) is 0 Å². The van der Waals surface area contributed by atoms with Crippen LogP contribution in [0.2, 0.25) is 5.02 Å². The summed E-state index contributed by atoms with van der Waals surface area (Å²) in [5, 5.41) is 0.121. The largest absolute Gasteiger partial charge is 0.310 e. The maximum atomic E-state index is 12.0. The van der Waals surface area contributed by atoms with Crippen LogP contribution >= 0.6 is 23.2 Å². The average Bonchev–Trinajstić information content (AvgIpc) is 2.90. The summed E-state index contributed by atoms with van der Waals surface area (Å²) in [5.74, 6) is 1.10. The third kappa shape index (κ3) is 2.40. The Hall–Kier alpha value is -0.850. The highest BCUT2D eigenvalue weighted by Crippen LogP contribution is 2.25. The lowest BCUT2D eigenvalue weighted by molar-refractivity contribution is 0.564. The molecule has 1 aliphatic rings. The lowest BCUT2D eigenvalue weighted by Gasteiger charge is -2.12. The van der Waals surface area contributed by atoms with Crippen molar-refractivity contribution in [3.8, 4) is 0 Å². The summed E-state index contributed by atoms with van der Waals surface area (Å²) in [4.78, 5) is 8.63. The van der Waals surface area contributed by atoms with E-state index in [1.165, 1.54) is 6.20 Å². The Morgan fingerprint density at radius 2 is 2.25 bits per heavy atom. The normalized spacial score (nSPS) is 21.6. The van der Waals surface area contributed by atoms with E-state index in [9.17, 15) is 8.42 Å². The predicted molar refractivity (Wildman–Crippen MR) is 78.9 cm³/mol. The lowest BCUT2D eigenvalue weighted by Crippen LogP contribution is -2.23. The van der Waals surface area contributed by atoms with E-state index < -0.39 is 9.84 Å². The third-order valence-corrected chi connectivity index (χ3v) is 6.30. The van der Waals surface area contributed by atoms with Crippen molar-refractivity contribution in [2.24, 2.45) is 0 Å². The topological polar surface area (TPSA) is 64.8 Å². The van der Waals surface area contributed by atoms with Crippen LogP contribution in [0.15, 0.2) is 12.3 Å². The zero-order chi connectivity index (χ0) is 14.3. The van der Waals surface area contributed by atoms with Gasteiger partial charge in [0, 0.05) is 12.7 Å². The molecule has 0 amide bonds. The molecular weight excluding hydrogens is 321 g/mol. The molecule has 5 nitrogen and oxygen atoms in total. The highest BCUT2D eigenvalue weighted by Gasteiger charge is 2.32. The van der Waals surface area contributed by atoms with Crippen molar-refractivity contribution in [2.75, 3.05) is 5.75 Å². The molecule has 3 heterocycles. The number of nitrogens with zero attached hydrogens (tertiary/aromatic N) is 3. The molecule has 20 heavy (non-hydrogen) atoms. The van der Waals surface area contributed by atoms with Crippen molar-refractivity contribution in [3.63, 3.8) is 0 Å². The molecule has 1 atom stereocenters. The van der Waals surface area contributed by atoms with Gasteiger partial charge in [0.05, 0.1) is 21.9 Å². The van der Waals surface area contributed by atoms with Crippen molar-refractivity contribution >= 4 is 44.2 Å². The Balaban J connectivity index is 2.06. The molecule has 1 fully saturated rings. The van der Waals surface area contributed by atoms with Gasteiger partial charge in [0.1, 0.15) is 11.3 Å². The van der Waals surface area contributed by atoms with E-state index in [0.29, 0.717) is 35.0 Å². The standard InChI is InChI=1S/C12H13Cl2N3O2S/c13-5-11-16-10-4-8(14)6-15-12(10)17(11)7-9-2-1-3-20(9,18)19/h4,6,9H,1-3,5,7H2. The number of imidazole rings is 1. The maximum absolute atomic E-state index is 12.0. The van der Waals surface area contributed by atoms with Crippen LogP contribution in [-0.4, -0.2) is 34.0 Å². The fourth-order valence-corrected chi connectivity index (χ4v) is 4.75. The maximum Gasteiger partial charge on any atom is 0.160 e. The number of alkyl halides is 1. The molecule has 0 saturated carbocycles. The first-order valence-electron chi connectivity index (χ1n) is 6.29. The van der Waals surface area contributed by atoms with Crippen LogP contribution in [0.5, 0.6) is 0 Å². The van der Waals surface area contributed by atoms with Gasteiger partial charge >= 0.3 is 0 Å². The van der Waals surface area contributed by atoms with Gasteiger partial charge in [0.2, 0.25) is 0 Å². The third-order valence-electron chi connectivity index (χ3n) is 3.60. The zero-order valence-corrected chi connectivity index (χ0v) is 12.9. The number of pyridine rings is 1. The summed E-state index contributed by atoms with van der Waals surface area (Å²) in [7, 11) is -3.01. The molecule has 0 N–H and O–H groups in total. The minimum atomic E-state index is -3.01. The second kappa shape index (κ2) is 5.16. The van der Waals surface area contributed by atoms with Gasteiger partial charge in [-0.15, -0.1) is 11.6 Å². The number of hydrogen-bond donors (Lipinski definition) is 0. The Labute approximate surface area is 126 Å². The fraction of sp³-hybridized carbons (Fsp3) is 0.500. The van der Waals surface area contributed by atoms with E-state index in [4.69, 9.17) is 23.2 Å². The van der Waals surface area contributed by atoms with Crippen LogP contribution < -0.4 is 0 Å². The Morgan fingerprint density at radius 1 is 1.45 bits per heavy atom. The molecule has 0 spiro atoms. The smallest absolute Gasteiger partial charge is 0.160 e. The first-order chi connectivity index (χ1) is 9.51. The molecule has 0 radical (unpaired) electrons. The number of fused-ring (bicyclic) bond motifs is 1. The molecule has 1 unspecified atom stereocenters. The van der Waals surface area contributed by atoms with E-state index in [2.05, 4.69) is 9.97 Å². The van der Waals surface area contributed by atoms with Crippen molar-refractivity contribution in [3.05, 3.63) is 23.1 Å². The van der Waals surface area contributed by atoms with Crippen LogP contribution in [0.25, 0.3) is 11.2 Å². The molecule has 0 aromatic carbocycles. The highest BCUT2D eigenvalue weighted by atomic mass is 35.5. The van der Waals surface area contributed by atoms with Crippen LogP contribution in [0, 0.1) is 0 Å². The van der Waals surface area contributed by atoms with E-state index >= 15 is 0 Å². The Bertz CT molecular complexity index is 757. The van der Waals surface area contributed by atoms with Crippen molar-refractivity contribution in [1.29, 1.82) is 0 Å². The second-order valence-electron chi connectivity index (χ2n) is 4.90. The van der Waals surface area contributed by atoms with Gasteiger partial charge in [-0.25, -0.2) is 18.4 Å². The van der Waals surface area contributed by atoms with Crippen LogP contribution in [0.1, 0.15) is 18.7 Å². The molecule has 0 bridgehead atoms. The highest BCUT2D eigenvalue weighted by molar-refractivity contribution is 7.92. The minimum Gasteiger partial charge on any atom is -0.310 e. The lowest BCUT2D eigenvalue weighted by atomic mass is 10.2. The monoisotopic (exact) mass is 333 g/mol. The van der Waals surface area contributed by atoms with Crippen LogP contribution in [-0.2, 0) is 22.3 Å². The minimum absolute atomic E-state index is 0.209. The van der Waals surface area contributed by atoms with Crippen LogP contribution in [0.3, 0.4) is 0 Å². The molecule has 108 valence electrons.